The van der Waals surface area contributed by atoms with Gasteiger partial charge in [-0.1, -0.05) is 75.9 Å². The minimum atomic E-state index is -3.62. The molecule has 9 heteroatoms. The van der Waals surface area contributed by atoms with Crippen LogP contribution in [0.2, 0.25) is 0 Å². The number of Topliss-reactive ketones (excluding diaryl/α,β-unsaturated/α-hetero) is 1. The Morgan fingerprint density at radius 3 is 1.58 bits per heavy atom. The number of nitrogens with zero attached hydrogens (tertiary/aromatic N) is 3. The van der Waals surface area contributed by atoms with Crippen molar-refractivity contribution in [1.29, 1.82) is 0 Å². The van der Waals surface area contributed by atoms with E-state index < -0.39 is 15.9 Å². The second kappa shape index (κ2) is 20.9. The quantitative estimate of drug-likeness (QED) is 0.0859. The molecule has 0 aliphatic heterocycles. The predicted molar refractivity (Wildman–Crippen MR) is 135 cm³/mol. The Labute approximate surface area is 201 Å². The van der Waals surface area contributed by atoms with Crippen LogP contribution < -0.4 is 4.72 Å². The molecule has 1 amide bonds. The van der Waals surface area contributed by atoms with Crippen LogP contribution in [0.25, 0.3) is 0 Å². The maximum Gasteiger partial charge on any atom is 0.234 e. The Morgan fingerprint density at radius 1 is 0.667 bits per heavy atom. The average molecular weight is 487 g/mol. The van der Waals surface area contributed by atoms with Crippen LogP contribution in [0, 0.1) is 0 Å². The molecule has 0 aliphatic carbocycles. The first-order valence-corrected chi connectivity index (χ1v) is 14.3. The first-order valence-electron chi connectivity index (χ1n) is 12.6. The van der Waals surface area contributed by atoms with Gasteiger partial charge >= 0.3 is 0 Å². The molecule has 0 radical (unpaired) electrons. The Kier molecular flexibility index (Phi) is 19.9. The van der Waals surface area contributed by atoms with E-state index in [0.717, 1.165) is 25.0 Å². The lowest BCUT2D eigenvalue weighted by atomic mass is 10.0. The fraction of sp³-hybridized carbons (Fsp3) is 0.875. The molecule has 0 aliphatic rings. The number of hydrogen-bond donors (Lipinski definition) is 1. The Bertz CT molecular complexity index is 691. The molecule has 0 atom stereocenters. The first-order chi connectivity index (χ1) is 15.8. The molecule has 0 saturated carbocycles. The smallest absolute Gasteiger partial charge is 0.234 e. The van der Waals surface area contributed by atoms with Gasteiger partial charge in [0.25, 0.3) is 0 Å². The topological polar surface area (TPSA) is 117 Å². The summed E-state index contributed by atoms with van der Waals surface area (Å²) in [7, 11) is -1.99. The standard InChI is InChI=1S/C24H46N4O4S/c1-22(26-28-25-3)18-15-13-11-9-7-5-4-6-8-10-12-14-16-20-24(30)27-33(31,32)21-17-19-23(2)29/h4-21H2,1-3H3,(H,27,30)/b26-22+,28-25-. The summed E-state index contributed by atoms with van der Waals surface area (Å²) in [6.45, 7) is 3.43. The SMILES string of the molecule is C/N=N\N=C(/C)CCCCCCCCCCCCCCCC(=O)NS(=O)(=O)CCCC(C)=O. The second-order valence-electron chi connectivity index (χ2n) is 8.87. The molecule has 0 spiro atoms. The number of ketones is 1. The van der Waals surface area contributed by atoms with Gasteiger partial charge in [-0.25, -0.2) is 8.42 Å². The number of sulfonamides is 1. The number of amides is 1. The fourth-order valence-electron chi connectivity index (χ4n) is 3.57. The van der Waals surface area contributed by atoms with E-state index in [1.807, 2.05) is 6.92 Å². The second-order valence-corrected chi connectivity index (χ2v) is 10.7. The van der Waals surface area contributed by atoms with Gasteiger partial charge in [0, 0.05) is 18.6 Å². The van der Waals surface area contributed by atoms with Crippen molar-refractivity contribution < 1.29 is 18.0 Å². The zero-order valence-electron chi connectivity index (χ0n) is 21.1. The lowest BCUT2D eigenvalue weighted by Gasteiger charge is -2.06. The van der Waals surface area contributed by atoms with Gasteiger partial charge < -0.3 is 4.79 Å². The van der Waals surface area contributed by atoms with Crippen LogP contribution in [0.15, 0.2) is 15.4 Å². The minimum absolute atomic E-state index is 0.0448. The Balaban J connectivity index is 3.44. The molecule has 0 bridgehead atoms. The first kappa shape index (κ1) is 31.4. The summed E-state index contributed by atoms with van der Waals surface area (Å²) >= 11 is 0. The molecule has 0 aromatic heterocycles. The number of rotatable bonds is 22. The number of nitrogens with one attached hydrogen (secondary N) is 1. The van der Waals surface area contributed by atoms with Gasteiger partial charge in [0.15, 0.2) is 0 Å². The van der Waals surface area contributed by atoms with Crippen LogP contribution in [0.1, 0.15) is 123 Å². The van der Waals surface area contributed by atoms with Crippen molar-refractivity contribution in [3.05, 3.63) is 0 Å². The highest BCUT2D eigenvalue weighted by atomic mass is 32.2. The number of carbonyl (C=O) groups excluding carboxylic acids is 2. The van der Waals surface area contributed by atoms with E-state index in [9.17, 15) is 18.0 Å². The molecule has 0 saturated heterocycles. The zero-order chi connectivity index (χ0) is 24.8. The lowest BCUT2D eigenvalue weighted by molar-refractivity contribution is -0.119. The average Bonchev–Trinajstić information content (AvgIpc) is 2.74. The summed E-state index contributed by atoms with van der Waals surface area (Å²) in [5.41, 5.74) is 1.05. The van der Waals surface area contributed by atoms with Gasteiger partial charge in [-0.2, -0.15) is 5.11 Å². The Morgan fingerprint density at radius 2 is 1.12 bits per heavy atom. The van der Waals surface area contributed by atoms with Crippen molar-refractivity contribution in [2.45, 2.75) is 123 Å². The van der Waals surface area contributed by atoms with Gasteiger partial charge in [0.2, 0.25) is 15.9 Å². The maximum atomic E-state index is 11.8. The third-order valence-corrected chi connectivity index (χ3v) is 6.82. The van der Waals surface area contributed by atoms with Gasteiger partial charge in [-0.15, -0.1) is 5.10 Å². The van der Waals surface area contributed by atoms with Crippen molar-refractivity contribution in [3.63, 3.8) is 0 Å². The summed E-state index contributed by atoms with van der Waals surface area (Å²) in [6.07, 6.45) is 17.0. The predicted octanol–water partition coefficient (Wildman–Crippen LogP) is 6.11. The van der Waals surface area contributed by atoms with E-state index in [1.165, 1.54) is 71.1 Å². The van der Waals surface area contributed by atoms with E-state index in [4.69, 9.17) is 0 Å². The molecule has 8 nitrogen and oxygen atoms in total. The zero-order valence-corrected chi connectivity index (χ0v) is 21.9. The third-order valence-electron chi connectivity index (χ3n) is 5.46. The van der Waals surface area contributed by atoms with E-state index in [2.05, 4.69) is 20.2 Å². The maximum absolute atomic E-state index is 11.8. The van der Waals surface area contributed by atoms with Crippen LogP contribution >= 0.6 is 0 Å². The van der Waals surface area contributed by atoms with Crippen LogP contribution in [0.5, 0.6) is 0 Å². The molecule has 0 aromatic carbocycles. The van der Waals surface area contributed by atoms with Crippen molar-refractivity contribution in [2.24, 2.45) is 15.4 Å². The summed E-state index contributed by atoms with van der Waals surface area (Å²) in [5, 5.41) is 11.3. The molecule has 192 valence electrons. The van der Waals surface area contributed by atoms with Crippen molar-refractivity contribution in [2.75, 3.05) is 12.8 Å². The van der Waals surface area contributed by atoms with E-state index >= 15 is 0 Å². The normalized spacial score (nSPS) is 12.4. The number of hydrogen-bond acceptors (Lipinski definition) is 6. The molecule has 33 heavy (non-hydrogen) atoms. The van der Waals surface area contributed by atoms with Crippen LogP contribution in [0.3, 0.4) is 0 Å². The van der Waals surface area contributed by atoms with E-state index in [-0.39, 0.29) is 30.8 Å². The molecule has 0 unspecified atom stereocenters. The highest BCUT2D eigenvalue weighted by Gasteiger charge is 2.14. The Hall–Kier alpha value is -1.64. The molecule has 0 aromatic rings. The van der Waals surface area contributed by atoms with Crippen LogP contribution in [0.4, 0.5) is 0 Å². The van der Waals surface area contributed by atoms with Gasteiger partial charge in [0.05, 0.1) is 12.8 Å². The van der Waals surface area contributed by atoms with Crippen LogP contribution in [-0.2, 0) is 19.6 Å². The number of carbonyl (C=O) groups is 2. The fourth-order valence-corrected chi connectivity index (χ4v) is 4.64. The monoisotopic (exact) mass is 486 g/mol. The summed E-state index contributed by atoms with van der Waals surface area (Å²) in [4.78, 5) is 22.6. The highest BCUT2D eigenvalue weighted by Crippen LogP contribution is 2.13. The van der Waals surface area contributed by atoms with Gasteiger partial charge in [0.1, 0.15) is 5.78 Å². The van der Waals surface area contributed by atoms with Crippen LogP contribution in [-0.4, -0.2) is 38.6 Å². The lowest BCUT2D eigenvalue weighted by Crippen LogP contribution is -2.32. The molecule has 0 rings (SSSR count). The molecular weight excluding hydrogens is 440 g/mol. The molecule has 1 N–H and O–H groups in total. The van der Waals surface area contributed by atoms with Gasteiger partial charge in [-0.3, -0.25) is 9.52 Å². The van der Waals surface area contributed by atoms with E-state index in [1.54, 1.807) is 7.05 Å². The summed E-state index contributed by atoms with van der Waals surface area (Å²) < 4.78 is 25.6. The van der Waals surface area contributed by atoms with Gasteiger partial charge in [-0.05, 0) is 39.5 Å². The van der Waals surface area contributed by atoms with E-state index in [0.29, 0.717) is 6.42 Å². The highest BCUT2D eigenvalue weighted by molar-refractivity contribution is 7.90. The van der Waals surface area contributed by atoms with Crippen molar-refractivity contribution >= 4 is 27.4 Å². The molecule has 0 heterocycles. The number of unbranched alkanes of at least 4 members (excludes halogenated alkanes) is 12. The molecule has 0 fully saturated rings. The minimum Gasteiger partial charge on any atom is -0.300 e. The molecular formula is C24H46N4O4S. The van der Waals surface area contributed by atoms with Crippen molar-refractivity contribution in [3.8, 4) is 0 Å². The third kappa shape index (κ3) is 23.3. The van der Waals surface area contributed by atoms with Crippen molar-refractivity contribution in [1.82, 2.24) is 4.72 Å². The largest absolute Gasteiger partial charge is 0.300 e. The summed E-state index contributed by atoms with van der Waals surface area (Å²) in [5.74, 6) is -0.666. The summed E-state index contributed by atoms with van der Waals surface area (Å²) in [6, 6.07) is 0.